The molecule has 0 saturated carbocycles. The molecule has 0 amide bonds. The highest BCUT2D eigenvalue weighted by Crippen LogP contribution is 2.14. The molecule has 2 aromatic rings. The molecule has 1 aromatic carbocycles. The fourth-order valence-corrected chi connectivity index (χ4v) is 2.03. The highest BCUT2D eigenvalue weighted by molar-refractivity contribution is 5.79. The molecule has 6 nitrogen and oxygen atoms in total. The lowest BCUT2D eigenvalue weighted by atomic mass is 10.2. The summed E-state index contributed by atoms with van der Waals surface area (Å²) in [7, 11) is 3.43. The maximum atomic E-state index is 5.17. The Morgan fingerprint density at radius 3 is 2.57 bits per heavy atom. The van der Waals surface area contributed by atoms with Crippen LogP contribution in [-0.2, 0) is 6.54 Å². The van der Waals surface area contributed by atoms with E-state index in [4.69, 9.17) is 4.74 Å². The van der Waals surface area contributed by atoms with Gasteiger partial charge in [-0.2, -0.15) is 5.10 Å². The second kappa shape index (κ2) is 8.22. The van der Waals surface area contributed by atoms with E-state index in [1.54, 1.807) is 14.2 Å². The number of ether oxygens (including phenoxy) is 1. The Bertz CT molecular complexity index is 631. The molecule has 6 heteroatoms. The average Bonchev–Trinajstić information content (AvgIpc) is 3.04. The molecule has 1 heterocycles. The molecule has 0 atom stereocenters. The lowest BCUT2D eigenvalue weighted by Crippen LogP contribution is -2.38. The molecule has 2 rings (SSSR count). The van der Waals surface area contributed by atoms with Gasteiger partial charge in [0.05, 0.1) is 25.0 Å². The SMILES string of the molecule is CN=C(NCc1ccn(-c2ccc(OC)cc2)n1)NCC(C)C. The van der Waals surface area contributed by atoms with Crippen molar-refractivity contribution >= 4 is 5.96 Å². The molecule has 2 N–H and O–H groups in total. The van der Waals surface area contributed by atoms with Crippen LogP contribution in [0.25, 0.3) is 5.69 Å². The van der Waals surface area contributed by atoms with Gasteiger partial charge < -0.3 is 15.4 Å². The summed E-state index contributed by atoms with van der Waals surface area (Å²) in [4.78, 5) is 4.21. The second-order valence-corrected chi connectivity index (χ2v) is 5.65. The van der Waals surface area contributed by atoms with Crippen molar-refractivity contribution in [3.05, 3.63) is 42.2 Å². The van der Waals surface area contributed by atoms with E-state index in [-0.39, 0.29) is 0 Å². The second-order valence-electron chi connectivity index (χ2n) is 5.65. The van der Waals surface area contributed by atoms with E-state index in [0.29, 0.717) is 12.5 Å². The summed E-state index contributed by atoms with van der Waals surface area (Å²) in [5.41, 5.74) is 1.95. The number of hydrogen-bond donors (Lipinski definition) is 2. The van der Waals surface area contributed by atoms with Gasteiger partial charge in [0.15, 0.2) is 5.96 Å². The van der Waals surface area contributed by atoms with Gasteiger partial charge in [-0.25, -0.2) is 4.68 Å². The molecule has 0 aliphatic heterocycles. The first-order valence-corrected chi connectivity index (χ1v) is 7.76. The molecule has 0 radical (unpaired) electrons. The predicted molar refractivity (Wildman–Crippen MR) is 93.2 cm³/mol. The maximum absolute atomic E-state index is 5.17. The van der Waals surface area contributed by atoms with E-state index in [1.807, 2.05) is 41.2 Å². The van der Waals surface area contributed by atoms with Gasteiger partial charge in [-0.3, -0.25) is 4.99 Å². The van der Waals surface area contributed by atoms with Crippen LogP contribution in [0.5, 0.6) is 5.75 Å². The lowest BCUT2D eigenvalue weighted by molar-refractivity contribution is 0.414. The van der Waals surface area contributed by atoms with Crippen molar-refractivity contribution < 1.29 is 4.74 Å². The Kier molecular flexibility index (Phi) is 6.02. The van der Waals surface area contributed by atoms with Gasteiger partial charge >= 0.3 is 0 Å². The zero-order valence-corrected chi connectivity index (χ0v) is 14.2. The van der Waals surface area contributed by atoms with E-state index in [1.165, 1.54) is 0 Å². The van der Waals surface area contributed by atoms with E-state index < -0.39 is 0 Å². The number of hydrogen-bond acceptors (Lipinski definition) is 3. The van der Waals surface area contributed by atoms with Crippen LogP contribution in [0.4, 0.5) is 0 Å². The first kappa shape index (κ1) is 16.9. The first-order chi connectivity index (χ1) is 11.1. The number of aliphatic imine (C=N–C) groups is 1. The van der Waals surface area contributed by atoms with Crippen LogP contribution in [0, 0.1) is 5.92 Å². The fourth-order valence-electron chi connectivity index (χ4n) is 2.03. The first-order valence-electron chi connectivity index (χ1n) is 7.76. The lowest BCUT2D eigenvalue weighted by Gasteiger charge is -2.12. The number of nitrogens with one attached hydrogen (secondary N) is 2. The minimum atomic E-state index is 0.572. The Morgan fingerprint density at radius 1 is 1.22 bits per heavy atom. The highest BCUT2D eigenvalue weighted by Gasteiger charge is 2.04. The fraction of sp³-hybridized carbons (Fsp3) is 0.412. The number of benzene rings is 1. The zero-order valence-electron chi connectivity index (χ0n) is 14.2. The standard InChI is InChI=1S/C17H25N5O/c1-13(2)11-19-17(18-3)20-12-14-9-10-22(21-14)15-5-7-16(23-4)8-6-15/h5-10,13H,11-12H2,1-4H3,(H2,18,19,20). The Hall–Kier alpha value is -2.50. The predicted octanol–water partition coefficient (Wildman–Crippen LogP) is 2.20. The van der Waals surface area contributed by atoms with E-state index in [2.05, 4.69) is 34.6 Å². The van der Waals surface area contributed by atoms with Crippen molar-refractivity contribution in [2.75, 3.05) is 20.7 Å². The summed E-state index contributed by atoms with van der Waals surface area (Å²) in [5.74, 6) is 2.20. The molecular formula is C17H25N5O. The van der Waals surface area contributed by atoms with Crippen LogP contribution in [0.1, 0.15) is 19.5 Å². The van der Waals surface area contributed by atoms with Crippen LogP contribution in [0.3, 0.4) is 0 Å². The van der Waals surface area contributed by atoms with Crippen molar-refractivity contribution in [3.63, 3.8) is 0 Å². The molecule has 0 bridgehead atoms. The van der Waals surface area contributed by atoms with Crippen molar-refractivity contribution in [2.45, 2.75) is 20.4 Å². The summed E-state index contributed by atoms with van der Waals surface area (Å²) < 4.78 is 7.02. The molecule has 1 aromatic heterocycles. The minimum Gasteiger partial charge on any atom is -0.497 e. The number of aromatic nitrogens is 2. The van der Waals surface area contributed by atoms with Gasteiger partial charge in [0.2, 0.25) is 0 Å². The summed E-state index contributed by atoms with van der Waals surface area (Å²) in [5, 5.41) is 11.1. The molecular weight excluding hydrogens is 290 g/mol. The molecule has 0 unspecified atom stereocenters. The van der Waals surface area contributed by atoms with Crippen molar-refractivity contribution in [1.29, 1.82) is 0 Å². The van der Waals surface area contributed by atoms with Gasteiger partial charge in [0.25, 0.3) is 0 Å². The summed E-state index contributed by atoms with van der Waals surface area (Å²) in [6.45, 7) is 5.84. The van der Waals surface area contributed by atoms with Gasteiger partial charge in [-0.15, -0.1) is 0 Å². The number of guanidine groups is 1. The minimum absolute atomic E-state index is 0.572. The van der Waals surface area contributed by atoms with E-state index in [0.717, 1.165) is 29.6 Å². The van der Waals surface area contributed by atoms with Crippen molar-refractivity contribution in [3.8, 4) is 11.4 Å². The zero-order chi connectivity index (χ0) is 16.7. The average molecular weight is 315 g/mol. The van der Waals surface area contributed by atoms with Crippen LogP contribution in [0.15, 0.2) is 41.5 Å². The molecule has 0 saturated heterocycles. The van der Waals surface area contributed by atoms with Gasteiger partial charge in [-0.1, -0.05) is 13.8 Å². The van der Waals surface area contributed by atoms with Crippen LogP contribution < -0.4 is 15.4 Å². The molecule has 0 aliphatic carbocycles. The Balaban J connectivity index is 1.93. The van der Waals surface area contributed by atoms with Crippen LogP contribution in [-0.4, -0.2) is 36.4 Å². The summed E-state index contributed by atoms with van der Waals surface area (Å²) in [6.07, 6.45) is 1.95. The highest BCUT2D eigenvalue weighted by atomic mass is 16.5. The number of nitrogens with zero attached hydrogens (tertiary/aromatic N) is 3. The molecule has 0 aliphatic rings. The van der Waals surface area contributed by atoms with E-state index >= 15 is 0 Å². The van der Waals surface area contributed by atoms with Crippen LogP contribution in [0.2, 0.25) is 0 Å². The number of methoxy groups -OCH3 is 1. The van der Waals surface area contributed by atoms with Gasteiger partial charge in [0.1, 0.15) is 5.75 Å². The summed E-state index contributed by atoms with van der Waals surface area (Å²) in [6, 6.07) is 9.80. The van der Waals surface area contributed by atoms with Gasteiger partial charge in [-0.05, 0) is 36.2 Å². The largest absolute Gasteiger partial charge is 0.497 e. The van der Waals surface area contributed by atoms with Crippen LogP contribution >= 0.6 is 0 Å². The third kappa shape index (κ3) is 5.02. The summed E-state index contributed by atoms with van der Waals surface area (Å²) >= 11 is 0. The van der Waals surface area contributed by atoms with E-state index in [9.17, 15) is 0 Å². The van der Waals surface area contributed by atoms with Crippen molar-refractivity contribution in [1.82, 2.24) is 20.4 Å². The normalized spacial score (nSPS) is 11.6. The van der Waals surface area contributed by atoms with Gasteiger partial charge in [0, 0.05) is 19.8 Å². The quantitative estimate of drug-likeness (QED) is 0.634. The maximum Gasteiger partial charge on any atom is 0.191 e. The monoisotopic (exact) mass is 315 g/mol. The molecule has 0 fully saturated rings. The third-order valence-corrected chi connectivity index (χ3v) is 3.32. The van der Waals surface area contributed by atoms with Crippen molar-refractivity contribution in [2.24, 2.45) is 10.9 Å². The molecule has 124 valence electrons. The Labute approximate surface area is 137 Å². The third-order valence-electron chi connectivity index (χ3n) is 3.32. The molecule has 0 spiro atoms. The topological polar surface area (TPSA) is 63.5 Å². The molecule has 23 heavy (non-hydrogen) atoms. The number of rotatable bonds is 6. The smallest absolute Gasteiger partial charge is 0.191 e. The Morgan fingerprint density at radius 2 is 1.96 bits per heavy atom.